The fraction of sp³-hybridized carbons (Fsp3) is 0.235. The minimum absolute atomic E-state index is 0.0547. The third-order valence-electron chi connectivity index (χ3n) is 3.66. The lowest BCUT2D eigenvalue weighted by molar-refractivity contribution is 0.0954. The molecular formula is C17H18Cl2N2O3S. The summed E-state index contributed by atoms with van der Waals surface area (Å²) < 4.78 is 26.9. The van der Waals surface area contributed by atoms with Crippen molar-refractivity contribution in [3.05, 3.63) is 63.1 Å². The maximum absolute atomic E-state index is 12.2. The van der Waals surface area contributed by atoms with Gasteiger partial charge in [-0.3, -0.25) is 4.79 Å². The Balaban J connectivity index is 1.92. The van der Waals surface area contributed by atoms with E-state index in [1.54, 1.807) is 24.3 Å². The predicted octanol–water partition coefficient (Wildman–Crippen LogP) is 3.32. The Hall–Kier alpha value is -1.60. The van der Waals surface area contributed by atoms with Gasteiger partial charge in [-0.05, 0) is 55.3 Å². The highest BCUT2D eigenvalue weighted by molar-refractivity contribution is 7.89. The molecule has 2 aromatic rings. The number of carbonyl (C=O) groups excluding carboxylic acids is 1. The summed E-state index contributed by atoms with van der Waals surface area (Å²) in [5.41, 5.74) is 2.16. The van der Waals surface area contributed by atoms with Crippen molar-refractivity contribution in [1.82, 2.24) is 10.0 Å². The van der Waals surface area contributed by atoms with Gasteiger partial charge >= 0.3 is 0 Å². The third kappa shape index (κ3) is 5.19. The SMILES string of the molecule is Cc1ccc(S(=O)(=O)NCCNC(=O)c2cc(Cl)ccc2Cl)cc1C. The zero-order valence-corrected chi connectivity index (χ0v) is 16.1. The van der Waals surface area contributed by atoms with Crippen LogP contribution in [0.4, 0.5) is 0 Å². The number of aryl methyl sites for hydroxylation is 2. The van der Waals surface area contributed by atoms with Crippen molar-refractivity contribution in [3.8, 4) is 0 Å². The second-order valence-electron chi connectivity index (χ2n) is 5.52. The molecule has 0 saturated heterocycles. The molecular weight excluding hydrogens is 383 g/mol. The highest BCUT2D eigenvalue weighted by Gasteiger charge is 2.15. The van der Waals surface area contributed by atoms with Crippen LogP contribution in [0.3, 0.4) is 0 Å². The van der Waals surface area contributed by atoms with Crippen molar-refractivity contribution in [2.45, 2.75) is 18.7 Å². The van der Waals surface area contributed by atoms with Crippen LogP contribution >= 0.6 is 23.2 Å². The zero-order chi connectivity index (χ0) is 18.6. The summed E-state index contributed by atoms with van der Waals surface area (Å²) >= 11 is 11.8. The first kappa shape index (κ1) is 19.7. The largest absolute Gasteiger partial charge is 0.351 e. The summed E-state index contributed by atoms with van der Waals surface area (Å²) in [4.78, 5) is 12.3. The number of carbonyl (C=O) groups is 1. The summed E-state index contributed by atoms with van der Waals surface area (Å²) in [5, 5.41) is 3.27. The van der Waals surface area contributed by atoms with E-state index >= 15 is 0 Å². The lowest BCUT2D eigenvalue weighted by Crippen LogP contribution is -2.34. The molecule has 0 bridgehead atoms. The fourth-order valence-electron chi connectivity index (χ4n) is 2.09. The van der Waals surface area contributed by atoms with Crippen LogP contribution in [0.1, 0.15) is 21.5 Å². The monoisotopic (exact) mass is 400 g/mol. The Labute approximate surface area is 157 Å². The van der Waals surface area contributed by atoms with Crippen LogP contribution in [-0.4, -0.2) is 27.4 Å². The van der Waals surface area contributed by atoms with Crippen LogP contribution in [0, 0.1) is 13.8 Å². The Bertz CT molecular complexity index is 899. The van der Waals surface area contributed by atoms with Crippen LogP contribution in [0.15, 0.2) is 41.3 Å². The molecule has 0 saturated carbocycles. The lowest BCUT2D eigenvalue weighted by atomic mass is 10.1. The number of rotatable bonds is 6. The first-order valence-electron chi connectivity index (χ1n) is 7.51. The summed E-state index contributed by atoms with van der Waals surface area (Å²) in [5.74, 6) is -0.419. The van der Waals surface area contributed by atoms with Gasteiger partial charge in [-0.15, -0.1) is 0 Å². The van der Waals surface area contributed by atoms with Crippen LogP contribution < -0.4 is 10.0 Å². The zero-order valence-electron chi connectivity index (χ0n) is 13.8. The molecule has 0 aromatic heterocycles. The normalized spacial score (nSPS) is 11.4. The van der Waals surface area contributed by atoms with Gasteiger partial charge in [0.05, 0.1) is 15.5 Å². The fourth-order valence-corrected chi connectivity index (χ4v) is 3.58. The molecule has 1 amide bonds. The van der Waals surface area contributed by atoms with E-state index < -0.39 is 15.9 Å². The van der Waals surface area contributed by atoms with Gasteiger partial charge in [0.15, 0.2) is 0 Å². The van der Waals surface area contributed by atoms with E-state index in [4.69, 9.17) is 23.2 Å². The Morgan fingerprint density at radius 2 is 1.72 bits per heavy atom. The third-order valence-corrected chi connectivity index (χ3v) is 5.69. The number of benzene rings is 2. The maximum Gasteiger partial charge on any atom is 0.252 e. The summed E-state index contributed by atoms with van der Waals surface area (Å²) in [6, 6.07) is 9.49. The van der Waals surface area contributed by atoms with E-state index in [9.17, 15) is 13.2 Å². The van der Waals surface area contributed by atoms with Gasteiger partial charge in [0.1, 0.15) is 0 Å². The molecule has 25 heavy (non-hydrogen) atoms. The van der Waals surface area contributed by atoms with Gasteiger partial charge in [-0.1, -0.05) is 29.3 Å². The Morgan fingerprint density at radius 3 is 2.40 bits per heavy atom. The first-order valence-corrected chi connectivity index (χ1v) is 9.75. The molecule has 0 radical (unpaired) electrons. The van der Waals surface area contributed by atoms with E-state index in [1.807, 2.05) is 13.8 Å². The van der Waals surface area contributed by atoms with Gasteiger partial charge in [-0.25, -0.2) is 13.1 Å². The van der Waals surface area contributed by atoms with Crippen molar-refractivity contribution >= 4 is 39.1 Å². The van der Waals surface area contributed by atoms with Crippen molar-refractivity contribution in [2.24, 2.45) is 0 Å². The van der Waals surface area contributed by atoms with Gasteiger partial charge < -0.3 is 5.32 Å². The molecule has 0 heterocycles. The van der Waals surface area contributed by atoms with Crippen LogP contribution in [-0.2, 0) is 10.0 Å². The average Bonchev–Trinajstić information content (AvgIpc) is 2.56. The Morgan fingerprint density at radius 1 is 1.00 bits per heavy atom. The minimum Gasteiger partial charge on any atom is -0.351 e. The summed E-state index contributed by atoms with van der Waals surface area (Å²) in [6.45, 7) is 3.93. The maximum atomic E-state index is 12.2. The molecule has 0 fully saturated rings. The van der Waals surface area contributed by atoms with Gasteiger partial charge in [0, 0.05) is 18.1 Å². The van der Waals surface area contributed by atoms with E-state index in [0.717, 1.165) is 11.1 Å². The highest BCUT2D eigenvalue weighted by atomic mass is 35.5. The molecule has 5 nitrogen and oxygen atoms in total. The molecule has 2 N–H and O–H groups in total. The molecule has 0 aliphatic rings. The van der Waals surface area contributed by atoms with Crippen LogP contribution in [0.5, 0.6) is 0 Å². The number of sulfonamides is 1. The summed E-state index contributed by atoms with van der Waals surface area (Å²) in [7, 11) is -3.63. The van der Waals surface area contributed by atoms with Gasteiger partial charge in [0.25, 0.3) is 5.91 Å². The molecule has 134 valence electrons. The predicted molar refractivity (Wildman–Crippen MR) is 99.9 cm³/mol. The van der Waals surface area contributed by atoms with Gasteiger partial charge in [-0.2, -0.15) is 0 Å². The molecule has 0 unspecified atom stereocenters. The van der Waals surface area contributed by atoms with E-state index in [0.29, 0.717) is 5.02 Å². The van der Waals surface area contributed by atoms with Crippen molar-refractivity contribution in [3.63, 3.8) is 0 Å². The van der Waals surface area contributed by atoms with Crippen molar-refractivity contribution < 1.29 is 13.2 Å². The molecule has 0 aliphatic heterocycles. The minimum atomic E-state index is -3.63. The van der Waals surface area contributed by atoms with E-state index in [-0.39, 0.29) is 28.6 Å². The number of hydrogen-bond donors (Lipinski definition) is 2. The second kappa shape index (κ2) is 8.19. The van der Waals surface area contributed by atoms with E-state index in [2.05, 4.69) is 10.0 Å². The standard InChI is InChI=1S/C17H18Cl2N2O3S/c1-11-3-5-14(9-12(11)2)25(23,24)21-8-7-20-17(22)15-10-13(18)4-6-16(15)19/h3-6,9-10,21H,7-8H2,1-2H3,(H,20,22). The van der Waals surface area contributed by atoms with E-state index in [1.165, 1.54) is 12.1 Å². The van der Waals surface area contributed by atoms with Crippen molar-refractivity contribution in [1.29, 1.82) is 0 Å². The van der Waals surface area contributed by atoms with Crippen molar-refractivity contribution in [2.75, 3.05) is 13.1 Å². The Kier molecular flexibility index (Phi) is 6.46. The van der Waals surface area contributed by atoms with Crippen LogP contribution in [0.2, 0.25) is 10.0 Å². The quantitative estimate of drug-likeness (QED) is 0.730. The first-order chi connectivity index (χ1) is 11.7. The molecule has 0 atom stereocenters. The number of halogens is 2. The highest BCUT2D eigenvalue weighted by Crippen LogP contribution is 2.20. The number of hydrogen-bond acceptors (Lipinski definition) is 3. The summed E-state index contributed by atoms with van der Waals surface area (Å²) in [6.07, 6.45) is 0. The average molecular weight is 401 g/mol. The molecule has 8 heteroatoms. The molecule has 2 aromatic carbocycles. The molecule has 0 spiro atoms. The molecule has 0 aliphatic carbocycles. The van der Waals surface area contributed by atoms with Gasteiger partial charge in [0.2, 0.25) is 10.0 Å². The topological polar surface area (TPSA) is 75.3 Å². The second-order valence-corrected chi connectivity index (χ2v) is 8.13. The smallest absolute Gasteiger partial charge is 0.252 e. The lowest BCUT2D eigenvalue weighted by Gasteiger charge is -2.10. The number of amides is 1. The molecule has 2 rings (SSSR count). The van der Waals surface area contributed by atoms with Crippen LogP contribution in [0.25, 0.3) is 0 Å². The number of nitrogens with one attached hydrogen (secondary N) is 2.